The number of hydrogen-bond acceptors (Lipinski definition) is 3. The van der Waals surface area contributed by atoms with Crippen LogP contribution in [0.4, 0.5) is 15.8 Å². The molecule has 0 saturated heterocycles. The summed E-state index contributed by atoms with van der Waals surface area (Å²) in [6.07, 6.45) is 3.21. The zero-order valence-electron chi connectivity index (χ0n) is 15.5. The first kappa shape index (κ1) is 19.1. The minimum atomic E-state index is -3.97. The Hall–Kier alpha value is -3.19. The second kappa shape index (κ2) is 7.67. The SMILES string of the molecule is O=C(Nc1ccc2c(c1)CCC2)c1ccc(S(=O)(=O)Nc2ccccc2F)cc1. The van der Waals surface area contributed by atoms with E-state index in [2.05, 4.69) is 10.0 Å². The molecule has 0 bridgehead atoms. The van der Waals surface area contributed by atoms with Crippen molar-refractivity contribution < 1.29 is 17.6 Å². The normalized spacial score (nSPS) is 13.0. The molecule has 0 saturated carbocycles. The van der Waals surface area contributed by atoms with Gasteiger partial charge >= 0.3 is 0 Å². The first-order chi connectivity index (χ1) is 13.9. The van der Waals surface area contributed by atoms with Gasteiger partial charge in [-0.1, -0.05) is 18.2 Å². The number of benzene rings is 3. The predicted molar refractivity (Wildman–Crippen MR) is 110 cm³/mol. The Morgan fingerprint density at radius 2 is 1.62 bits per heavy atom. The van der Waals surface area contributed by atoms with Gasteiger partial charge in [0.1, 0.15) is 5.82 Å². The third-order valence-corrected chi connectivity index (χ3v) is 6.28. The number of aryl methyl sites for hydroxylation is 2. The van der Waals surface area contributed by atoms with E-state index in [1.165, 1.54) is 59.7 Å². The highest BCUT2D eigenvalue weighted by Crippen LogP contribution is 2.25. The van der Waals surface area contributed by atoms with Crippen molar-refractivity contribution in [1.82, 2.24) is 0 Å². The molecule has 4 rings (SSSR count). The van der Waals surface area contributed by atoms with Gasteiger partial charge in [-0.15, -0.1) is 0 Å². The molecule has 5 nitrogen and oxygen atoms in total. The molecule has 1 aliphatic carbocycles. The zero-order valence-corrected chi connectivity index (χ0v) is 16.3. The van der Waals surface area contributed by atoms with E-state index < -0.39 is 15.8 Å². The van der Waals surface area contributed by atoms with Crippen molar-refractivity contribution >= 4 is 27.3 Å². The maximum absolute atomic E-state index is 13.7. The van der Waals surface area contributed by atoms with Gasteiger partial charge in [-0.2, -0.15) is 0 Å². The second-order valence-electron chi connectivity index (χ2n) is 6.90. The first-order valence-electron chi connectivity index (χ1n) is 9.23. The van der Waals surface area contributed by atoms with Gasteiger partial charge < -0.3 is 5.32 Å². The molecule has 1 amide bonds. The van der Waals surface area contributed by atoms with Gasteiger partial charge in [0.05, 0.1) is 10.6 Å². The minimum Gasteiger partial charge on any atom is -0.322 e. The summed E-state index contributed by atoms with van der Waals surface area (Å²) in [5.74, 6) is -0.990. The van der Waals surface area contributed by atoms with Gasteiger partial charge in [-0.3, -0.25) is 9.52 Å². The molecule has 0 radical (unpaired) electrons. The van der Waals surface area contributed by atoms with Gasteiger partial charge in [0.15, 0.2) is 0 Å². The quantitative estimate of drug-likeness (QED) is 0.656. The molecule has 7 heteroatoms. The second-order valence-corrected chi connectivity index (χ2v) is 8.58. The maximum atomic E-state index is 13.7. The Balaban J connectivity index is 1.48. The lowest BCUT2D eigenvalue weighted by molar-refractivity contribution is 0.102. The zero-order chi connectivity index (χ0) is 20.4. The number of carbonyl (C=O) groups is 1. The molecule has 29 heavy (non-hydrogen) atoms. The van der Waals surface area contributed by atoms with Crippen molar-refractivity contribution in [2.45, 2.75) is 24.2 Å². The highest BCUT2D eigenvalue weighted by atomic mass is 32.2. The van der Waals surface area contributed by atoms with Crippen molar-refractivity contribution in [2.75, 3.05) is 10.0 Å². The molecule has 0 unspecified atom stereocenters. The van der Waals surface area contributed by atoms with Crippen molar-refractivity contribution in [2.24, 2.45) is 0 Å². The summed E-state index contributed by atoms with van der Waals surface area (Å²) < 4.78 is 40.8. The Morgan fingerprint density at radius 1 is 0.897 bits per heavy atom. The molecule has 0 fully saturated rings. The number of carbonyl (C=O) groups excluding carboxylic acids is 1. The van der Waals surface area contributed by atoms with Crippen LogP contribution in [0, 0.1) is 5.82 Å². The lowest BCUT2D eigenvalue weighted by Crippen LogP contribution is -2.15. The third kappa shape index (κ3) is 4.14. The maximum Gasteiger partial charge on any atom is 0.261 e. The van der Waals surface area contributed by atoms with Crippen LogP contribution in [-0.4, -0.2) is 14.3 Å². The lowest BCUT2D eigenvalue weighted by Gasteiger charge is -2.10. The number of fused-ring (bicyclic) bond motifs is 1. The van der Waals surface area contributed by atoms with Crippen LogP contribution in [0.15, 0.2) is 71.6 Å². The van der Waals surface area contributed by atoms with Crippen molar-refractivity contribution in [3.05, 3.63) is 89.2 Å². The van der Waals surface area contributed by atoms with Crippen LogP contribution in [0.5, 0.6) is 0 Å². The number of hydrogen-bond donors (Lipinski definition) is 2. The molecule has 148 valence electrons. The van der Waals surface area contributed by atoms with E-state index in [1.807, 2.05) is 18.2 Å². The summed E-state index contributed by atoms with van der Waals surface area (Å²) in [5, 5.41) is 2.84. The lowest BCUT2D eigenvalue weighted by atomic mass is 10.1. The van der Waals surface area contributed by atoms with E-state index in [-0.39, 0.29) is 16.5 Å². The smallest absolute Gasteiger partial charge is 0.261 e. The van der Waals surface area contributed by atoms with Crippen molar-refractivity contribution in [3.8, 4) is 0 Å². The molecule has 2 N–H and O–H groups in total. The topological polar surface area (TPSA) is 75.3 Å². The van der Waals surface area contributed by atoms with Crippen LogP contribution < -0.4 is 10.0 Å². The summed E-state index contributed by atoms with van der Waals surface area (Å²) in [5.41, 5.74) is 3.48. The fourth-order valence-corrected chi connectivity index (χ4v) is 4.45. The number of para-hydroxylation sites is 1. The Labute approximate surface area is 168 Å². The number of amides is 1. The number of nitrogens with one attached hydrogen (secondary N) is 2. The van der Waals surface area contributed by atoms with Gasteiger partial charge in [-0.05, 0) is 78.9 Å². The van der Waals surface area contributed by atoms with E-state index in [1.54, 1.807) is 0 Å². The fraction of sp³-hybridized carbons (Fsp3) is 0.136. The molecule has 0 aliphatic heterocycles. The molecule has 0 spiro atoms. The largest absolute Gasteiger partial charge is 0.322 e. The molecule has 0 aromatic heterocycles. The summed E-state index contributed by atoms with van der Waals surface area (Å²) in [7, 11) is -3.97. The number of rotatable bonds is 5. The summed E-state index contributed by atoms with van der Waals surface area (Å²) in [4.78, 5) is 12.4. The number of halogens is 1. The Morgan fingerprint density at radius 3 is 2.38 bits per heavy atom. The van der Waals surface area contributed by atoms with Crippen LogP contribution in [0.1, 0.15) is 27.9 Å². The minimum absolute atomic E-state index is 0.0603. The molecule has 0 atom stereocenters. The molecular weight excluding hydrogens is 391 g/mol. The van der Waals surface area contributed by atoms with Crippen LogP contribution in [-0.2, 0) is 22.9 Å². The van der Waals surface area contributed by atoms with Crippen LogP contribution >= 0.6 is 0 Å². The van der Waals surface area contributed by atoms with Gasteiger partial charge in [-0.25, -0.2) is 12.8 Å². The van der Waals surface area contributed by atoms with E-state index in [4.69, 9.17) is 0 Å². The van der Waals surface area contributed by atoms with E-state index in [9.17, 15) is 17.6 Å². The third-order valence-electron chi connectivity index (χ3n) is 4.90. The first-order valence-corrected chi connectivity index (χ1v) is 10.7. The van der Waals surface area contributed by atoms with Crippen molar-refractivity contribution in [1.29, 1.82) is 0 Å². The van der Waals surface area contributed by atoms with E-state index in [0.717, 1.165) is 19.3 Å². The molecule has 0 heterocycles. The molecule has 3 aromatic carbocycles. The van der Waals surface area contributed by atoms with Gasteiger partial charge in [0.2, 0.25) is 0 Å². The predicted octanol–water partition coefficient (Wildman–Crippen LogP) is 4.37. The highest BCUT2D eigenvalue weighted by molar-refractivity contribution is 7.92. The summed E-state index contributed by atoms with van der Waals surface area (Å²) in [6.45, 7) is 0. The average Bonchev–Trinajstić information content (AvgIpc) is 3.17. The van der Waals surface area contributed by atoms with Crippen LogP contribution in [0.25, 0.3) is 0 Å². The fourth-order valence-electron chi connectivity index (χ4n) is 3.39. The molecular formula is C22H19FN2O3S. The van der Waals surface area contributed by atoms with Crippen LogP contribution in [0.3, 0.4) is 0 Å². The Bertz CT molecular complexity index is 1170. The van der Waals surface area contributed by atoms with E-state index in [0.29, 0.717) is 11.3 Å². The highest BCUT2D eigenvalue weighted by Gasteiger charge is 2.17. The number of anilines is 2. The monoisotopic (exact) mass is 410 g/mol. The standard InChI is InChI=1S/C22H19FN2O3S/c23-20-6-1-2-7-21(20)25-29(27,28)19-12-9-16(10-13-19)22(26)24-18-11-8-15-4-3-5-17(15)14-18/h1-2,6-14,25H,3-5H2,(H,24,26). The Kier molecular flexibility index (Phi) is 5.07. The van der Waals surface area contributed by atoms with Crippen LogP contribution in [0.2, 0.25) is 0 Å². The van der Waals surface area contributed by atoms with Gasteiger partial charge in [0, 0.05) is 11.3 Å². The summed E-state index contributed by atoms with van der Waals surface area (Å²) in [6, 6.07) is 16.9. The van der Waals surface area contributed by atoms with Gasteiger partial charge in [0.25, 0.3) is 15.9 Å². The molecule has 3 aromatic rings. The average molecular weight is 410 g/mol. The summed E-state index contributed by atoms with van der Waals surface area (Å²) >= 11 is 0. The molecule has 1 aliphatic rings. The number of sulfonamides is 1. The van der Waals surface area contributed by atoms with Crippen molar-refractivity contribution in [3.63, 3.8) is 0 Å². The van der Waals surface area contributed by atoms with E-state index >= 15 is 0 Å².